The molecule has 3 nitrogen and oxygen atoms in total. The second-order valence-corrected chi connectivity index (χ2v) is 6.16. The van der Waals surface area contributed by atoms with Crippen molar-refractivity contribution in [2.75, 3.05) is 18.9 Å². The van der Waals surface area contributed by atoms with E-state index in [2.05, 4.69) is 15.9 Å². The molecule has 0 spiro atoms. The van der Waals surface area contributed by atoms with Gasteiger partial charge in [-0.15, -0.1) is 23.1 Å². The van der Waals surface area contributed by atoms with Crippen molar-refractivity contribution in [3.63, 3.8) is 0 Å². The maximum atomic E-state index is 9.24. The summed E-state index contributed by atoms with van der Waals surface area (Å²) in [5.41, 5.74) is 5.67. The average Bonchev–Trinajstić information content (AvgIpc) is 2.65. The molecule has 0 aliphatic carbocycles. The van der Waals surface area contributed by atoms with Crippen molar-refractivity contribution in [2.45, 2.75) is 11.4 Å². The second-order valence-electron chi connectivity index (χ2n) is 3.06. The van der Waals surface area contributed by atoms with Crippen LogP contribution in [-0.2, 0) is 0 Å². The Hall–Kier alpha value is 0.410. The van der Waals surface area contributed by atoms with Gasteiger partial charge in [0.15, 0.2) is 0 Å². The number of rotatable bonds is 6. The van der Waals surface area contributed by atoms with Crippen LogP contribution in [0.1, 0.15) is 10.1 Å². The number of hydrogen-bond acceptors (Lipinski definition) is 5. The first-order valence-electron chi connectivity index (χ1n) is 4.52. The van der Waals surface area contributed by atoms with E-state index in [1.165, 1.54) is 4.88 Å². The lowest BCUT2D eigenvalue weighted by Crippen LogP contribution is -2.17. The summed E-state index contributed by atoms with van der Waals surface area (Å²) in [4.78, 5) is 1.19. The van der Waals surface area contributed by atoms with Gasteiger partial charge in [0.05, 0.1) is 18.0 Å². The summed E-state index contributed by atoms with van der Waals surface area (Å²) in [6.07, 6.45) is -0.660. The van der Waals surface area contributed by atoms with E-state index in [0.717, 1.165) is 4.47 Å². The van der Waals surface area contributed by atoms with Crippen LogP contribution in [0, 0.1) is 0 Å². The first-order valence-corrected chi connectivity index (χ1v) is 7.24. The number of thioether (sulfide) groups is 1. The lowest BCUT2D eigenvalue weighted by Gasteiger charge is -2.14. The van der Waals surface area contributed by atoms with Crippen LogP contribution in [0.3, 0.4) is 0 Å². The lowest BCUT2D eigenvalue weighted by atomic mass is 10.3. The molecule has 1 rings (SSSR count). The molecule has 1 aromatic heterocycles. The number of nitrogens with two attached hydrogens (primary N) is 1. The Morgan fingerprint density at radius 2 is 2.33 bits per heavy atom. The van der Waals surface area contributed by atoms with Crippen molar-refractivity contribution < 1.29 is 10.2 Å². The van der Waals surface area contributed by atoms with Gasteiger partial charge in [-0.1, -0.05) is 0 Å². The number of aliphatic hydroxyl groups excluding tert-OH is 2. The molecule has 15 heavy (non-hydrogen) atoms. The van der Waals surface area contributed by atoms with Gasteiger partial charge in [0.25, 0.3) is 0 Å². The normalized spacial score (nSPS) is 15.2. The Labute approximate surface area is 106 Å². The zero-order chi connectivity index (χ0) is 11.3. The molecular weight excluding hydrogens is 298 g/mol. The first kappa shape index (κ1) is 13.5. The van der Waals surface area contributed by atoms with E-state index in [1.54, 1.807) is 23.1 Å². The topological polar surface area (TPSA) is 66.5 Å². The zero-order valence-electron chi connectivity index (χ0n) is 8.10. The predicted octanol–water partition coefficient (Wildman–Crippen LogP) is 1.60. The fourth-order valence-corrected chi connectivity index (χ4v) is 3.78. The highest BCUT2D eigenvalue weighted by molar-refractivity contribution is 9.10. The van der Waals surface area contributed by atoms with Gasteiger partial charge < -0.3 is 15.9 Å². The SMILES string of the molecule is NCC(SCC(O)CO)c1cc(Br)cs1. The number of hydrogen-bond donors (Lipinski definition) is 3. The van der Waals surface area contributed by atoms with Gasteiger partial charge in [0, 0.05) is 27.0 Å². The molecular formula is C9H14BrNO2S2. The Morgan fingerprint density at radius 3 is 2.80 bits per heavy atom. The van der Waals surface area contributed by atoms with Crippen molar-refractivity contribution >= 4 is 39.0 Å². The van der Waals surface area contributed by atoms with Gasteiger partial charge in [-0.25, -0.2) is 0 Å². The molecule has 1 aromatic rings. The van der Waals surface area contributed by atoms with Gasteiger partial charge in [-0.2, -0.15) is 0 Å². The van der Waals surface area contributed by atoms with Crippen LogP contribution in [0.2, 0.25) is 0 Å². The molecule has 2 unspecified atom stereocenters. The van der Waals surface area contributed by atoms with Gasteiger partial charge in [0.1, 0.15) is 0 Å². The molecule has 0 aromatic carbocycles. The highest BCUT2D eigenvalue weighted by Crippen LogP contribution is 2.34. The van der Waals surface area contributed by atoms with Gasteiger partial charge >= 0.3 is 0 Å². The smallest absolute Gasteiger partial charge is 0.0861 e. The summed E-state index contributed by atoms with van der Waals surface area (Å²) in [6.45, 7) is 0.341. The minimum atomic E-state index is -0.660. The summed E-state index contributed by atoms with van der Waals surface area (Å²) in [5, 5.41) is 20.1. The monoisotopic (exact) mass is 311 g/mol. The van der Waals surface area contributed by atoms with Gasteiger partial charge in [-0.05, 0) is 22.0 Å². The summed E-state index contributed by atoms with van der Waals surface area (Å²) in [7, 11) is 0. The second kappa shape index (κ2) is 6.88. The van der Waals surface area contributed by atoms with Crippen LogP contribution >= 0.6 is 39.0 Å². The molecule has 86 valence electrons. The van der Waals surface area contributed by atoms with Crippen molar-refractivity contribution in [1.29, 1.82) is 0 Å². The molecule has 0 aliphatic heterocycles. The summed E-state index contributed by atoms with van der Waals surface area (Å²) >= 11 is 6.62. The van der Waals surface area contributed by atoms with Crippen LogP contribution in [0.25, 0.3) is 0 Å². The molecule has 0 amide bonds. The van der Waals surface area contributed by atoms with E-state index in [4.69, 9.17) is 10.8 Å². The van der Waals surface area contributed by atoms with Crippen LogP contribution in [0.15, 0.2) is 15.9 Å². The molecule has 0 saturated carbocycles. The molecule has 0 radical (unpaired) electrons. The largest absolute Gasteiger partial charge is 0.394 e. The fraction of sp³-hybridized carbons (Fsp3) is 0.556. The van der Waals surface area contributed by atoms with E-state index in [1.807, 2.05) is 11.4 Å². The highest BCUT2D eigenvalue weighted by atomic mass is 79.9. The molecule has 1 heterocycles. The molecule has 4 N–H and O–H groups in total. The fourth-order valence-electron chi connectivity index (χ4n) is 1.04. The number of aliphatic hydroxyl groups is 2. The van der Waals surface area contributed by atoms with E-state index < -0.39 is 6.10 Å². The Bertz CT molecular complexity index is 295. The summed E-state index contributed by atoms with van der Waals surface area (Å²) in [6, 6.07) is 2.04. The lowest BCUT2D eigenvalue weighted by molar-refractivity contribution is 0.113. The molecule has 0 fully saturated rings. The van der Waals surface area contributed by atoms with E-state index in [-0.39, 0.29) is 11.9 Å². The van der Waals surface area contributed by atoms with E-state index >= 15 is 0 Å². The van der Waals surface area contributed by atoms with Crippen LogP contribution < -0.4 is 5.73 Å². The van der Waals surface area contributed by atoms with Crippen molar-refractivity contribution in [2.24, 2.45) is 5.73 Å². The third-order valence-corrected chi connectivity index (χ3v) is 5.20. The third-order valence-electron chi connectivity index (χ3n) is 1.82. The Morgan fingerprint density at radius 1 is 1.60 bits per heavy atom. The number of thiophene rings is 1. The molecule has 0 saturated heterocycles. The maximum Gasteiger partial charge on any atom is 0.0861 e. The van der Waals surface area contributed by atoms with Gasteiger partial charge in [0.2, 0.25) is 0 Å². The van der Waals surface area contributed by atoms with Crippen LogP contribution in [-0.4, -0.2) is 35.2 Å². The average molecular weight is 312 g/mol. The number of halogens is 1. The Balaban J connectivity index is 2.49. The molecule has 0 bridgehead atoms. The minimum Gasteiger partial charge on any atom is -0.394 e. The summed E-state index contributed by atoms with van der Waals surface area (Å²) < 4.78 is 1.06. The summed E-state index contributed by atoms with van der Waals surface area (Å²) in [5.74, 6) is 0.508. The van der Waals surface area contributed by atoms with Gasteiger partial charge in [-0.3, -0.25) is 0 Å². The molecule has 6 heteroatoms. The molecule has 2 atom stereocenters. The molecule has 0 aliphatic rings. The van der Waals surface area contributed by atoms with Crippen molar-refractivity contribution in [3.8, 4) is 0 Å². The standard InChI is InChI=1S/C9H14BrNO2S2/c10-6-1-8(14-4-6)9(2-11)15-5-7(13)3-12/h1,4,7,9,12-13H,2-3,5,11H2. The van der Waals surface area contributed by atoms with Crippen molar-refractivity contribution in [3.05, 3.63) is 20.8 Å². The van der Waals surface area contributed by atoms with Crippen LogP contribution in [0.4, 0.5) is 0 Å². The predicted molar refractivity (Wildman–Crippen MR) is 69.4 cm³/mol. The van der Waals surface area contributed by atoms with E-state index in [0.29, 0.717) is 12.3 Å². The highest BCUT2D eigenvalue weighted by Gasteiger charge is 2.14. The Kier molecular flexibility index (Phi) is 6.18. The van der Waals surface area contributed by atoms with E-state index in [9.17, 15) is 5.11 Å². The third kappa shape index (κ3) is 4.42. The minimum absolute atomic E-state index is 0.196. The van der Waals surface area contributed by atoms with Crippen molar-refractivity contribution in [1.82, 2.24) is 0 Å². The van der Waals surface area contributed by atoms with Crippen LogP contribution in [0.5, 0.6) is 0 Å². The quantitative estimate of drug-likeness (QED) is 0.746. The maximum absolute atomic E-state index is 9.24. The zero-order valence-corrected chi connectivity index (χ0v) is 11.3. The first-order chi connectivity index (χ1) is 7.17.